The lowest BCUT2D eigenvalue weighted by Gasteiger charge is -2.29. The van der Waals surface area contributed by atoms with Gasteiger partial charge in [0.25, 0.3) is 7.41 Å². The van der Waals surface area contributed by atoms with E-state index >= 15 is 0 Å². The lowest BCUT2D eigenvalue weighted by Crippen LogP contribution is -2.46. The third-order valence-corrected chi connectivity index (χ3v) is 13.9. The molecule has 2 aliphatic rings. The van der Waals surface area contributed by atoms with Crippen molar-refractivity contribution in [2.24, 2.45) is 17.6 Å². The number of hydrogen-bond acceptors (Lipinski definition) is 10. The van der Waals surface area contributed by atoms with Gasteiger partial charge in [-0.15, -0.1) is 5.10 Å². The van der Waals surface area contributed by atoms with Crippen molar-refractivity contribution in [1.29, 1.82) is 0 Å². The van der Waals surface area contributed by atoms with Gasteiger partial charge in [0, 0.05) is 33.2 Å². The zero-order valence-electron chi connectivity index (χ0n) is 37.6. The average molecular weight is 852 g/mol. The molecular formula is C47H68BN6O6Si. The van der Waals surface area contributed by atoms with Crippen LogP contribution in [0.4, 0.5) is 0 Å². The number of carbonyl (C=O) groups is 3. The molecule has 0 aliphatic heterocycles. The molecule has 12 nitrogen and oxygen atoms in total. The molecular weight excluding hydrogens is 783 g/mol. The Labute approximate surface area is 364 Å². The van der Waals surface area contributed by atoms with Crippen molar-refractivity contribution in [2.45, 2.75) is 135 Å². The number of ketones is 2. The fourth-order valence-electron chi connectivity index (χ4n) is 8.68. The van der Waals surface area contributed by atoms with Gasteiger partial charge >= 0.3 is 0 Å². The second-order valence-corrected chi connectivity index (χ2v) is 23.6. The molecule has 14 heteroatoms. The highest BCUT2D eigenvalue weighted by molar-refractivity contribution is 6.76. The normalized spacial score (nSPS) is 15.9. The van der Waals surface area contributed by atoms with Crippen molar-refractivity contribution in [1.82, 2.24) is 25.2 Å². The highest BCUT2D eigenvalue weighted by atomic mass is 28.3. The van der Waals surface area contributed by atoms with Crippen LogP contribution < -0.4 is 20.4 Å². The number of rotatable bonds is 20. The number of methoxy groups -OCH3 is 2. The number of carbonyl (C=O) groups excluding carboxylic acids is 3. The van der Waals surface area contributed by atoms with E-state index in [1.807, 2.05) is 62.4 Å². The van der Waals surface area contributed by atoms with Crippen molar-refractivity contribution in [3.63, 3.8) is 0 Å². The summed E-state index contributed by atoms with van der Waals surface area (Å²) in [6.45, 7) is 12.0. The number of Topliss-reactive ketones (excluding diaryl/α,β-unsaturated/α-hetero) is 2. The summed E-state index contributed by atoms with van der Waals surface area (Å²) in [5.41, 5.74) is 13.9. The first-order chi connectivity index (χ1) is 29.3. The molecule has 4 aromatic rings. The van der Waals surface area contributed by atoms with Crippen LogP contribution in [0.2, 0.25) is 25.7 Å². The highest BCUT2D eigenvalue weighted by Gasteiger charge is 2.29. The van der Waals surface area contributed by atoms with Gasteiger partial charge in [0.05, 0.1) is 49.3 Å². The van der Waals surface area contributed by atoms with Crippen LogP contribution in [0.3, 0.4) is 0 Å². The molecule has 2 aromatic carbocycles. The van der Waals surface area contributed by atoms with E-state index in [4.69, 9.17) is 19.9 Å². The van der Waals surface area contributed by atoms with Gasteiger partial charge in [-0.2, -0.15) is 5.10 Å². The Kier molecular flexibility index (Phi) is 18.1. The van der Waals surface area contributed by atoms with Crippen LogP contribution in [0.15, 0.2) is 48.5 Å². The molecule has 1 radical (unpaired) electrons. The van der Waals surface area contributed by atoms with E-state index in [0.717, 1.165) is 95.9 Å². The van der Waals surface area contributed by atoms with E-state index in [2.05, 4.69) is 40.2 Å². The monoisotopic (exact) mass is 852 g/mol. The largest absolute Gasteiger partial charge is 0.481 e. The number of nitrogens with zero attached hydrogens (tertiary/aromatic N) is 3. The summed E-state index contributed by atoms with van der Waals surface area (Å²) in [6.07, 6.45) is 12.9. The van der Waals surface area contributed by atoms with Gasteiger partial charge in [0.1, 0.15) is 6.73 Å². The summed E-state index contributed by atoms with van der Waals surface area (Å²) in [5, 5.41) is 14.8. The number of nitrogens with one attached hydrogen (secondary N) is 2. The Balaban J connectivity index is 0.000000246. The summed E-state index contributed by atoms with van der Waals surface area (Å²) >= 11 is 0. The maximum Gasteiger partial charge on any atom is 0.290 e. The molecule has 2 atom stereocenters. The maximum absolute atomic E-state index is 13.2. The van der Waals surface area contributed by atoms with Gasteiger partial charge in [0.2, 0.25) is 11.8 Å². The fraction of sp³-hybridized carbons (Fsp3) is 0.553. The van der Waals surface area contributed by atoms with Crippen LogP contribution in [0, 0.1) is 25.7 Å². The summed E-state index contributed by atoms with van der Waals surface area (Å²) in [4.78, 5) is 36.6. The van der Waals surface area contributed by atoms with Crippen LogP contribution in [0.5, 0.6) is 11.8 Å². The quantitative estimate of drug-likeness (QED) is 0.0451. The topological polar surface area (TPSA) is 163 Å². The van der Waals surface area contributed by atoms with Crippen LogP contribution in [-0.2, 0) is 38.7 Å². The number of H-pyrrole nitrogens is 1. The number of nitrogens with two attached hydrogens (primary N) is 1. The van der Waals surface area contributed by atoms with E-state index in [1.54, 1.807) is 18.9 Å². The Morgan fingerprint density at radius 3 is 1.95 bits per heavy atom. The van der Waals surface area contributed by atoms with Crippen LogP contribution in [-0.4, -0.2) is 86.1 Å². The standard InChI is InChI=1S/C27H41BN3O4Si.C20H27N3O2/c1-20-25(27(34-2)31(30-20)19-35-15-16-36(3,4)5)22-13-11-21(12-14-22)17-24(33)26(29-28-18-32)23-9-7-6-8-10-23;1-13-18(20(25-2)23-22-13)15-10-8-14(9-11-15)12-17(24)19(21)16-6-4-3-5-7-16/h11-14,18,23,26,29H,6-10,15-17,19H2,1-5H3;8-11,16,19H,3-7,12,21H2,1-2H3,(H,22,23)/t26-;19-/m00/s1. The number of ether oxygens (including phenoxy) is 3. The zero-order chi connectivity index (χ0) is 43.9. The Bertz CT molecular complexity index is 2000. The van der Waals surface area contributed by atoms with Crippen LogP contribution in [0.25, 0.3) is 22.3 Å². The SMILES string of the molecule is COc1c(-c2ccc(CC(=O)[C@@H](N[B]C=O)C3CCCCC3)cc2)c(C)nn1COCC[Si](C)(C)C.COc1n[nH]c(C)c1-c1ccc(CC(=O)[C@@H](N)C2CCCCC2)cc1. The van der Waals surface area contributed by atoms with Crippen LogP contribution in [0.1, 0.15) is 86.7 Å². The van der Waals surface area contributed by atoms with E-state index in [9.17, 15) is 14.4 Å². The van der Waals surface area contributed by atoms with E-state index in [-0.39, 0.29) is 29.6 Å². The zero-order valence-corrected chi connectivity index (χ0v) is 38.6. The molecule has 0 bridgehead atoms. The Morgan fingerprint density at radius 1 is 0.852 bits per heavy atom. The molecule has 2 heterocycles. The minimum atomic E-state index is -1.15. The van der Waals surface area contributed by atoms with Crippen molar-refractivity contribution >= 4 is 33.2 Å². The Morgan fingerprint density at radius 2 is 1.41 bits per heavy atom. The van der Waals surface area contributed by atoms with Gasteiger partial charge in [-0.05, 0) is 79.7 Å². The summed E-state index contributed by atoms with van der Waals surface area (Å²) in [5.74, 6) is 2.18. The molecule has 6 rings (SSSR count). The van der Waals surface area contributed by atoms with Gasteiger partial charge in [-0.25, -0.2) is 4.68 Å². The van der Waals surface area contributed by atoms with Crippen molar-refractivity contribution in [3.05, 3.63) is 71.0 Å². The third-order valence-electron chi connectivity index (χ3n) is 12.2. The molecule has 2 aliphatic carbocycles. The van der Waals surface area contributed by atoms with Gasteiger partial charge in [-0.1, -0.05) is 107 Å². The van der Waals surface area contributed by atoms with Crippen LogP contribution >= 0.6 is 0 Å². The molecule has 0 spiro atoms. The molecule has 61 heavy (non-hydrogen) atoms. The molecule has 0 unspecified atom stereocenters. The second-order valence-electron chi connectivity index (χ2n) is 18.0. The first kappa shape index (κ1) is 47.7. The number of aromatic nitrogens is 4. The summed E-state index contributed by atoms with van der Waals surface area (Å²) < 4.78 is 18.7. The molecule has 0 saturated heterocycles. The van der Waals surface area contributed by atoms with Crippen molar-refractivity contribution < 1.29 is 28.6 Å². The Hall–Kier alpha value is -4.37. The predicted octanol–water partition coefficient (Wildman–Crippen LogP) is 8.05. The predicted molar refractivity (Wildman–Crippen MR) is 246 cm³/mol. The third kappa shape index (κ3) is 13.6. The first-order valence-electron chi connectivity index (χ1n) is 22.1. The molecule has 4 N–H and O–H groups in total. The van der Waals surface area contributed by atoms with E-state index in [1.165, 1.54) is 33.1 Å². The maximum atomic E-state index is 13.2. The smallest absolute Gasteiger partial charge is 0.290 e. The van der Waals surface area contributed by atoms with Crippen molar-refractivity contribution in [2.75, 3.05) is 20.8 Å². The summed E-state index contributed by atoms with van der Waals surface area (Å²) in [6, 6.07) is 16.5. The first-order valence-corrected chi connectivity index (χ1v) is 25.8. The molecule has 329 valence electrons. The lowest BCUT2D eigenvalue weighted by molar-refractivity contribution is -0.122. The molecule has 0 amide bonds. The number of aromatic amines is 1. The van der Waals surface area contributed by atoms with Gasteiger partial charge < -0.3 is 30.0 Å². The minimum Gasteiger partial charge on any atom is -0.481 e. The average Bonchev–Trinajstić information content (AvgIpc) is 3.80. The van der Waals surface area contributed by atoms with E-state index in [0.29, 0.717) is 43.4 Å². The molecule has 2 fully saturated rings. The molecule has 2 saturated carbocycles. The van der Waals surface area contributed by atoms with E-state index < -0.39 is 8.07 Å². The van der Waals surface area contributed by atoms with Gasteiger partial charge in [0.15, 0.2) is 11.6 Å². The minimum absolute atomic E-state index is 0.129. The second kappa shape index (κ2) is 23.2. The molecule has 2 aromatic heterocycles. The number of benzene rings is 2. The fourth-order valence-corrected chi connectivity index (χ4v) is 9.44. The lowest BCUT2D eigenvalue weighted by atomic mass is 9.79. The van der Waals surface area contributed by atoms with Gasteiger partial charge in [-0.3, -0.25) is 14.7 Å². The highest BCUT2D eigenvalue weighted by Crippen LogP contribution is 2.35. The number of aryl methyl sites for hydroxylation is 2. The number of hydrogen-bond donors (Lipinski definition) is 3. The van der Waals surface area contributed by atoms with Crippen molar-refractivity contribution in [3.8, 4) is 34.0 Å². The summed E-state index contributed by atoms with van der Waals surface area (Å²) in [7, 11) is 3.48.